The van der Waals surface area contributed by atoms with E-state index in [9.17, 15) is 61.0 Å². The second-order valence-corrected chi connectivity index (χ2v) is 34.9. The van der Waals surface area contributed by atoms with Gasteiger partial charge in [0.1, 0.15) is 73.2 Å². The maximum absolute atomic E-state index is 13.6. The number of nitrogens with one attached hydrogen (secondary N) is 1. The Kier molecular flexibility index (Phi) is 71.6. The Balaban J connectivity index is 1.28. The molecule has 3 saturated heterocycles. The number of hydrogen-bond donors (Lipinski definition) is 12. The SMILES string of the molecule is CC/C=C\C/C=C\C/C=C\C/C=C\CCCCCCCCCCCCCCCCCCCCCCCCCCCCCCC(=O)NC(COC1OC(CO)C(OC2OC(CO)C(OC3OC(CO)C(O)C(O)C3O)C(O)C2O)C(O)C1O)C(O)/C=C/CCCCCCCCCCCCCCCCCCCCCCCCCCCCCCC. The van der Waals surface area contributed by atoms with Crippen LogP contribution in [0.4, 0.5) is 0 Å². The fourth-order valence-electron chi connectivity index (χ4n) is 16.6. The van der Waals surface area contributed by atoms with Gasteiger partial charge in [-0.3, -0.25) is 4.79 Å². The van der Waals surface area contributed by atoms with Gasteiger partial charge >= 0.3 is 0 Å². The number of allylic oxidation sites excluding steroid dienone is 9. The average Bonchev–Trinajstić information content (AvgIpc) is 0.778. The van der Waals surface area contributed by atoms with Gasteiger partial charge in [-0.1, -0.05) is 421 Å². The Morgan fingerprint density at radius 3 is 0.923 bits per heavy atom. The summed E-state index contributed by atoms with van der Waals surface area (Å²) >= 11 is 0. The zero-order chi connectivity index (χ0) is 84.5. The van der Waals surface area contributed by atoms with E-state index in [0.717, 1.165) is 70.6 Å². The maximum atomic E-state index is 13.6. The predicted octanol–water partition coefficient (Wildman–Crippen LogP) is 20.1. The lowest BCUT2D eigenvalue weighted by molar-refractivity contribution is -0.379. The van der Waals surface area contributed by atoms with Gasteiger partial charge in [-0.15, -0.1) is 0 Å². The molecular formula is C98H181NO18. The summed E-state index contributed by atoms with van der Waals surface area (Å²) < 4.78 is 34.6. The lowest BCUT2D eigenvalue weighted by Gasteiger charge is -2.48. The van der Waals surface area contributed by atoms with Crippen molar-refractivity contribution in [1.29, 1.82) is 0 Å². The number of hydrogen-bond acceptors (Lipinski definition) is 18. The number of ether oxygens (including phenoxy) is 6. The highest BCUT2D eigenvalue weighted by Crippen LogP contribution is 2.34. The number of aliphatic hydroxyl groups excluding tert-OH is 11. The van der Waals surface area contributed by atoms with Crippen molar-refractivity contribution in [2.24, 2.45) is 0 Å². The third-order valence-corrected chi connectivity index (χ3v) is 24.3. The normalized spacial score (nSPS) is 24.6. The molecule has 3 fully saturated rings. The highest BCUT2D eigenvalue weighted by molar-refractivity contribution is 5.76. The first kappa shape index (κ1) is 109. The molecule has 0 spiro atoms. The number of rotatable bonds is 81. The highest BCUT2D eigenvalue weighted by atomic mass is 16.8. The molecule has 3 heterocycles. The average molecular weight is 1660 g/mol. The van der Waals surface area contributed by atoms with E-state index in [1.807, 2.05) is 6.08 Å². The van der Waals surface area contributed by atoms with Crippen LogP contribution in [-0.4, -0.2) is 193 Å². The van der Waals surface area contributed by atoms with Gasteiger partial charge in [-0.25, -0.2) is 0 Å². The Morgan fingerprint density at radius 2 is 0.590 bits per heavy atom. The van der Waals surface area contributed by atoms with Crippen LogP contribution in [0.5, 0.6) is 0 Å². The van der Waals surface area contributed by atoms with Crippen molar-refractivity contribution < 1.29 is 89.4 Å². The summed E-state index contributed by atoms with van der Waals surface area (Å²) in [5.74, 6) is -0.266. The number of unbranched alkanes of at least 4 members (excludes halogenated alkanes) is 57. The van der Waals surface area contributed by atoms with Crippen molar-refractivity contribution in [3.63, 3.8) is 0 Å². The molecule has 3 aliphatic heterocycles. The first-order valence-electron chi connectivity index (χ1n) is 49.0. The molecule has 3 rings (SSSR count). The molecule has 117 heavy (non-hydrogen) atoms. The zero-order valence-electron chi connectivity index (χ0n) is 74.4. The number of carbonyl (C=O) groups excluding carboxylic acids is 1. The van der Waals surface area contributed by atoms with Crippen LogP contribution in [0.25, 0.3) is 0 Å². The molecule has 17 unspecified atom stereocenters. The van der Waals surface area contributed by atoms with Gasteiger partial charge in [0, 0.05) is 6.42 Å². The van der Waals surface area contributed by atoms with Gasteiger partial charge in [0.05, 0.1) is 38.6 Å². The van der Waals surface area contributed by atoms with Gasteiger partial charge < -0.3 is 89.9 Å². The highest BCUT2D eigenvalue weighted by Gasteiger charge is 2.54. The number of carbonyl (C=O) groups is 1. The first-order valence-corrected chi connectivity index (χ1v) is 49.0. The van der Waals surface area contributed by atoms with Crippen LogP contribution in [0, 0.1) is 0 Å². The zero-order valence-corrected chi connectivity index (χ0v) is 74.4. The molecule has 3 aliphatic rings. The Morgan fingerprint density at radius 1 is 0.316 bits per heavy atom. The fraction of sp³-hybridized carbons (Fsp3) is 0.888. The van der Waals surface area contributed by atoms with Gasteiger partial charge in [0.2, 0.25) is 5.91 Å². The summed E-state index contributed by atoms with van der Waals surface area (Å²) in [4.78, 5) is 13.6. The molecule has 0 bridgehead atoms. The van der Waals surface area contributed by atoms with E-state index in [-0.39, 0.29) is 18.9 Å². The molecule has 19 heteroatoms. The predicted molar refractivity (Wildman–Crippen MR) is 475 cm³/mol. The fourth-order valence-corrected chi connectivity index (χ4v) is 16.6. The van der Waals surface area contributed by atoms with E-state index in [2.05, 4.69) is 67.8 Å². The van der Waals surface area contributed by atoms with E-state index >= 15 is 0 Å². The maximum Gasteiger partial charge on any atom is 0.220 e. The standard InChI is InChI=1S/C98H181NO18/c1-3-5-7-9-11-13-15-17-19-21-23-25-27-29-31-33-35-36-37-38-39-40-41-42-43-44-46-48-50-52-54-56-58-60-62-64-66-68-70-72-74-76-86(104)99-81(82(103)75-73-71-69-67-65-63-61-59-57-55-53-51-49-47-45-34-32-30-28-26-24-22-20-18-16-14-12-10-8-6-4-2)80-112-96-92(110)89(107)94(84(78-101)114-96)117-98-93(111)90(108)95(85(79-102)115-98)116-97-91(109)88(106)87(105)83(77-100)113-97/h5,7,11,13,17,19,23,25,73,75,81-85,87-98,100-103,105-111H,3-4,6,8-10,12,14-16,18,20-22,24,26-72,74,76-80H2,1-2H3,(H,99,104)/b7-5-,13-11-,19-17-,25-23-,75-73+. The van der Waals surface area contributed by atoms with Crippen LogP contribution in [0.3, 0.4) is 0 Å². The molecule has 1 amide bonds. The van der Waals surface area contributed by atoms with Crippen molar-refractivity contribution >= 4 is 5.91 Å². The molecule has 686 valence electrons. The molecule has 0 aromatic rings. The van der Waals surface area contributed by atoms with E-state index < -0.39 is 124 Å². The van der Waals surface area contributed by atoms with Crippen molar-refractivity contribution in [3.05, 3.63) is 60.8 Å². The quantitative estimate of drug-likeness (QED) is 0.0199. The van der Waals surface area contributed by atoms with Gasteiger partial charge in [0.25, 0.3) is 0 Å². The monoisotopic (exact) mass is 1660 g/mol. The van der Waals surface area contributed by atoms with Crippen LogP contribution in [0.15, 0.2) is 60.8 Å². The summed E-state index contributed by atoms with van der Waals surface area (Å²) in [6.07, 6.45) is 76.9. The molecule has 0 aromatic heterocycles. The summed E-state index contributed by atoms with van der Waals surface area (Å²) in [7, 11) is 0. The Labute approximate surface area is 713 Å². The van der Waals surface area contributed by atoms with Crippen LogP contribution >= 0.6 is 0 Å². The molecular weight excluding hydrogens is 1480 g/mol. The van der Waals surface area contributed by atoms with Gasteiger partial charge in [0.15, 0.2) is 18.9 Å². The number of amides is 1. The van der Waals surface area contributed by atoms with Crippen molar-refractivity contribution in [3.8, 4) is 0 Å². The minimum Gasteiger partial charge on any atom is -0.394 e. The lowest BCUT2D eigenvalue weighted by atomic mass is 9.96. The number of aliphatic hydroxyl groups is 11. The van der Waals surface area contributed by atoms with E-state index in [0.29, 0.717) is 6.42 Å². The summed E-state index contributed by atoms with van der Waals surface area (Å²) in [6, 6.07) is -0.975. The molecule has 19 nitrogen and oxygen atoms in total. The van der Waals surface area contributed by atoms with E-state index in [1.54, 1.807) is 6.08 Å². The van der Waals surface area contributed by atoms with Gasteiger partial charge in [-0.2, -0.15) is 0 Å². The van der Waals surface area contributed by atoms with Crippen LogP contribution in [-0.2, 0) is 33.2 Å². The van der Waals surface area contributed by atoms with Crippen LogP contribution in [0.1, 0.15) is 425 Å². The van der Waals surface area contributed by atoms with Crippen molar-refractivity contribution in [1.82, 2.24) is 5.32 Å². The molecule has 0 aromatic carbocycles. The third kappa shape index (κ3) is 54.8. The summed E-state index contributed by atoms with van der Waals surface area (Å²) in [6.45, 7) is 1.70. The van der Waals surface area contributed by atoms with E-state index in [1.165, 1.54) is 327 Å². The van der Waals surface area contributed by atoms with E-state index in [4.69, 9.17) is 28.4 Å². The minimum atomic E-state index is -1.98. The third-order valence-electron chi connectivity index (χ3n) is 24.3. The molecule has 0 saturated carbocycles. The molecule has 0 radical (unpaired) electrons. The topological polar surface area (TPSA) is 307 Å². The van der Waals surface area contributed by atoms with Crippen LogP contribution < -0.4 is 5.32 Å². The van der Waals surface area contributed by atoms with Gasteiger partial charge in [-0.05, 0) is 57.8 Å². The second kappa shape index (κ2) is 77.1. The second-order valence-electron chi connectivity index (χ2n) is 34.9. The lowest BCUT2D eigenvalue weighted by Crippen LogP contribution is -2.66. The minimum absolute atomic E-state index is 0.248. The largest absolute Gasteiger partial charge is 0.394 e. The Hall–Kier alpha value is -2.51. The van der Waals surface area contributed by atoms with Crippen LogP contribution in [0.2, 0.25) is 0 Å². The first-order chi connectivity index (χ1) is 57.3. The summed E-state index contributed by atoms with van der Waals surface area (Å²) in [5, 5.41) is 121. The molecule has 17 atom stereocenters. The smallest absolute Gasteiger partial charge is 0.220 e. The van der Waals surface area contributed by atoms with Crippen molar-refractivity contribution in [2.75, 3.05) is 26.4 Å². The summed E-state index contributed by atoms with van der Waals surface area (Å²) in [5.41, 5.74) is 0. The Bertz CT molecular complexity index is 2340. The molecule has 12 N–H and O–H groups in total. The van der Waals surface area contributed by atoms with Crippen molar-refractivity contribution in [2.45, 2.75) is 529 Å². The molecule has 0 aliphatic carbocycles.